The summed E-state index contributed by atoms with van der Waals surface area (Å²) in [7, 11) is 1.22. The molecule has 1 aromatic carbocycles. The highest BCUT2D eigenvalue weighted by atomic mass is 32.2. The molecule has 0 saturated heterocycles. The quantitative estimate of drug-likeness (QED) is 0.582. The van der Waals surface area contributed by atoms with Crippen molar-refractivity contribution in [3.05, 3.63) is 29.3 Å². The number of nitrogens with zero attached hydrogens (tertiary/aromatic N) is 1. The summed E-state index contributed by atoms with van der Waals surface area (Å²) < 4.78 is 10.2. The second-order valence-corrected chi connectivity index (χ2v) is 8.03. The number of thioether (sulfide) groups is 1. The Hall–Kier alpha value is -2.22. The molecule has 1 aromatic rings. The average molecular weight is 397 g/mol. The molecule has 7 nitrogen and oxygen atoms in total. The summed E-state index contributed by atoms with van der Waals surface area (Å²) in [5.41, 5.74) is 6.45. The molecule has 1 rings (SSSR count). The second-order valence-electron chi connectivity index (χ2n) is 7.05. The van der Waals surface area contributed by atoms with Gasteiger partial charge in [0.1, 0.15) is 11.6 Å². The molecule has 0 spiro atoms. The van der Waals surface area contributed by atoms with Crippen molar-refractivity contribution in [1.82, 2.24) is 4.90 Å². The lowest BCUT2D eigenvalue weighted by molar-refractivity contribution is -0.146. The van der Waals surface area contributed by atoms with Gasteiger partial charge < -0.3 is 15.2 Å². The van der Waals surface area contributed by atoms with Crippen LogP contribution in [0.3, 0.4) is 0 Å². The fraction of sp³-hybridized carbons (Fsp3) is 0.526. The Bertz CT molecular complexity index is 700. The van der Waals surface area contributed by atoms with E-state index in [-0.39, 0.29) is 12.0 Å². The van der Waals surface area contributed by atoms with Crippen molar-refractivity contribution < 1.29 is 23.9 Å². The number of imide groups is 1. The summed E-state index contributed by atoms with van der Waals surface area (Å²) in [6.45, 7) is 6.83. The Morgan fingerprint density at radius 2 is 1.89 bits per heavy atom. The SMILES string of the molecule is COC(=O)[C@H](CCSC)N(C(=O)OC(C)(C)C)C(=O)c1ccc(N)c(C)c1. The number of hydrogen-bond donors (Lipinski definition) is 1. The molecule has 0 saturated carbocycles. The van der Waals surface area contributed by atoms with Crippen molar-refractivity contribution >= 4 is 35.4 Å². The van der Waals surface area contributed by atoms with Crippen molar-refractivity contribution in [1.29, 1.82) is 0 Å². The van der Waals surface area contributed by atoms with Gasteiger partial charge in [-0.25, -0.2) is 14.5 Å². The average Bonchev–Trinajstić information content (AvgIpc) is 2.58. The van der Waals surface area contributed by atoms with Gasteiger partial charge >= 0.3 is 12.1 Å². The van der Waals surface area contributed by atoms with Crippen molar-refractivity contribution in [2.24, 2.45) is 0 Å². The molecular weight excluding hydrogens is 368 g/mol. The summed E-state index contributed by atoms with van der Waals surface area (Å²) in [5, 5.41) is 0. The summed E-state index contributed by atoms with van der Waals surface area (Å²) in [6, 6.07) is 3.61. The van der Waals surface area contributed by atoms with Crippen molar-refractivity contribution in [3.8, 4) is 0 Å². The molecule has 0 bridgehead atoms. The summed E-state index contributed by atoms with van der Waals surface area (Å²) in [4.78, 5) is 39.1. The largest absolute Gasteiger partial charge is 0.467 e. The van der Waals surface area contributed by atoms with Crippen LogP contribution < -0.4 is 5.73 Å². The fourth-order valence-corrected chi connectivity index (χ4v) is 2.79. The van der Waals surface area contributed by atoms with E-state index in [4.69, 9.17) is 15.2 Å². The Morgan fingerprint density at radius 3 is 2.37 bits per heavy atom. The number of benzene rings is 1. The molecule has 0 aromatic heterocycles. The zero-order valence-electron chi connectivity index (χ0n) is 16.7. The van der Waals surface area contributed by atoms with Crippen molar-refractivity contribution in [2.45, 2.75) is 45.8 Å². The number of carbonyl (C=O) groups excluding carboxylic acids is 3. The van der Waals surface area contributed by atoms with E-state index in [1.807, 2.05) is 6.26 Å². The number of nitrogens with two attached hydrogens (primary N) is 1. The maximum atomic E-state index is 13.1. The first-order valence-electron chi connectivity index (χ1n) is 8.51. The monoisotopic (exact) mass is 396 g/mol. The maximum Gasteiger partial charge on any atom is 0.418 e. The molecule has 0 heterocycles. The van der Waals surface area contributed by atoms with Crippen LogP contribution in [0.25, 0.3) is 0 Å². The number of hydrogen-bond acceptors (Lipinski definition) is 7. The maximum absolute atomic E-state index is 13.1. The van der Waals surface area contributed by atoms with Crippen LogP contribution >= 0.6 is 11.8 Å². The summed E-state index contributed by atoms with van der Waals surface area (Å²) in [6.07, 6.45) is 1.24. The number of anilines is 1. The first-order valence-corrected chi connectivity index (χ1v) is 9.90. The van der Waals surface area contributed by atoms with Gasteiger partial charge in [0.15, 0.2) is 0 Å². The molecule has 1 atom stereocenters. The van der Waals surface area contributed by atoms with Gasteiger partial charge in [-0.3, -0.25) is 4.79 Å². The number of nitrogen functional groups attached to an aromatic ring is 1. The third-order valence-corrected chi connectivity index (χ3v) is 4.35. The third kappa shape index (κ3) is 6.46. The van der Waals surface area contributed by atoms with E-state index in [0.717, 1.165) is 4.90 Å². The van der Waals surface area contributed by atoms with Gasteiger partial charge in [0, 0.05) is 11.3 Å². The normalized spacial score (nSPS) is 12.2. The van der Waals surface area contributed by atoms with Crippen molar-refractivity contribution in [3.63, 3.8) is 0 Å². The highest BCUT2D eigenvalue weighted by Crippen LogP contribution is 2.21. The smallest absolute Gasteiger partial charge is 0.418 e. The Labute approximate surface area is 164 Å². The lowest BCUT2D eigenvalue weighted by Crippen LogP contribution is -2.51. The van der Waals surface area contributed by atoms with E-state index in [1.165, 1.54) is 24.9 Å². The predicted molar refractivity (Wildman–Crippen MR) is 107 cm³/mol. The lowest BCUT2D eigenvalue weighted by Gasteiger charge is -2.30. The van der Waals surface area contributed by atoms with Crippen LogP contribution in [-0.4, -0.2) is 53.6 Å². The standard InChI is InChI=1S/C19H28N2O5S/c1-12-11-13(7-8-14(12)20)16(22)21(18(24)26-19(2,3)4)15(9-10-27-6)17(23)25-5/h7-8,11,15H,9-10,20H2,1-6H3/t15-/m0/s1. The van der Waals surface area contributed by atoms with E-state index in [1.54, 1.807) is 39.8 Å². The zero-order chi connectivity index (χ0) is 20.8. The Kier molecular flexibility index (Phi) is 8.15. The van der Waals surface area contributed by atoms with E-state index in [9.17, 15) is 14.4 Å². The van der Waals surface area contributed by atoms with Crippen LogP contribution in [0.5, 0.6) is 0 Å². The minimum Gasteiger partial charge on any atom is -0.467 e. The van der Waals surface area contributed by atoms with E-state index >= 15 is 0 Å². The molecule has 150 valence electrons. The molecule has 0 aliphatic heterocycles. The van der Waals surface area contributed by atoms with Gasteiger partial charge in [-0.2, -0.15) is 11.8 Å². The van der Waals surface area contributed by atoms with Gasteiger partial charge in [-0.1, -0.05) is 0 Å². The molecule has 2 amide bonds. The van der Waals surface area contributed by atoms with E-state index in [2.05, 4.69) is 0 Å². The number of carbonyl (C=O) groups is 3. The molecule has 0 radical (unpaired) electrons. The zero-order valence-corrected chi connectivity index (χ0v) is 17.5. The Balaban J connectivity index is 3.36. The highest BCUT2D eigenvalue weighted by molar-refractivity contribution is 7.98. The number of aryl methyl sites for hydroxylation is 1. The number of ether oxygens (including phenoxy) is 2. The molecule has 2 N–H and O–H groups in total. The highest BCUT2D eigenvalue weighted by Gasteiger charge is 2.38. The minimum absolute atomic E-state index is 0.241. The van der Waals surface area contributed by atoms with Gasteiger partial charge in [0.2, 0.25) is 0 Å². The van der Waals surface area contributed by atoms with Gasteiger partial charge in [-0.05, 0) is 69.9 Å². The molecular formula is C19H28N2O5S. The number of methoxy groups -OCH3 is 1. The summed E-state index contributed by atoms with van der Waals surface area (Å²) >= 11 is 1.50. The summed E-state index contributed by atoms with van der Waals surface area (Å²) in [5.74, 6) is -0.744. The lowest BCUT2D eigenvalue weighted by atomic mass is 10.1. The number of esters is 1. The van der Waals surface area contributed by atoms with E-state index < -0.39 is 29.6 Å². The van der Waals surface area contributed by atoms with Crippen LogP contribution in [0.2, 0.25) is 0 Å². The van der Waals surface area contributed by atoms with Crippen LogP contribution in [0.4, 0.5) is 10.5 Å². The van der Waals surface area contributed by atoms with Crippen LogP contribution in [0.15, 0.2) is 18.2 Å². The molecule has 8 heteroatoms. The topological polar surface area (TPSA) is 98.9 Å². The molecule has 0 unspecified atom stereocenters. The van der Waals surface area contributed by atoms with Gasteiger partial charge in [0.05, 0.1) is 7.11 Å². The molecule has 0 aliphatic rings. The number of amides is 2. The first-order chi connectivity index (χ1) is 12.5. The van der Waals surface area contributed by atoms with Crippen LogP contribution in [-0.2, 0) is 14.3 Å². The molecule has 0 aliphatic carbocycles. The second kappa shape index (κ2) is 9.64. The number of rotatable bonds is 6. The fourth-order valence-electron chi connectivity index (χ4n) is 2.33. The molecule has 27 heavy (non-hydrogen) atoms. The first kappa shape index (κ1) is 22.8. The van der Waals surface area contributed by atoms with Gasteiger partial charge in [0.25, 0.3) is 5.91 Å². The predicted octanol–water partition coefficient (Wildman–Crippen LogP) is 3.25. The van der Waals surface area contributed by atoms with Crippen LogP contribution in [0, 0.1) is 6.92 Å². The minimum atomic E-state index is -1.08. The van der Waals surface area contributed by atoms with Gasteiger partial charge in [-0.15, -0.1) is 0 Å². The molecule has 0 fully saturated rings. The Morgan fingerprint density at radius 1 is 1.26 bits per heavy atom. The van der Waals surface area contributed by atoms with E-state index in [0.29, 0.717) is 17.0 Å². The van der Waals surface area contributed by atoms with Crippen molar-refractivity contribution in [2.75, 3.05) is 24.9 Å². The van der Waals surface area contributed by atoms with Crippen LogP contribution in [0.1, 0.15) is 43.1 Å². The third-order valence-electron chi connectivity index (χ3n) is 3.71.